The van der Waals surface area contributed by atoms with E-state index in [1.54, 1.807) is 12.1 Å². The largest absolute Gasteiger partial charge is 0.350 e. The molecular weight excluding hydrogens is 240 g/mol. The Labute approximate surface area is 109 Å². The van der Waals surface area contributed by atoms with Crippen LogP contribution in [0.2, 0.25) is 0 Å². The fourth-order valence-electron chi connectivity index (χ4n) is 2.26. The van der Waals surface area contributed by atoms with Crippen molar-refractivity contribution < 1.29 is 9.59 Å². The minimum absolute atomic E-state index is 0.119. The fraction of sp³-hybridized carbons (Fsp3) is 0.0667. The van der Waals surface area contributed by atoms with Crippen molar-refractivity contribution in [3.05, 3.63) is 59.5 Å². The highest BCUT2D eigenvalue weighted by Crippen LogP contribution is 2.20. The Bertz CT molecular complexity index is 780. The molecule has 4 heteroatoms. The number of benzene rings is 1. The van der Waals surface area contributed by atoms with Gasteiger partial charge in [0, 0.05) is 18.0 Å². The second kappa shape index (κ2) is 4.24. The van der Waals surface area contributed by atoms with Crippen LogP contribution in [0.4, 0.5) is 0 Å². The van der Waals surface area contributed by atoms with E-state index in [-0.39, 0.29) is 5.78 Å². The highest BCUT2D eigenvalue weighted by molar-refractivity contribution is 6.09. The molecule has 0 bridgehead atoms. The molecule has 0 aliphatic heterocycles. The van der Waals surface area contributed by atoms with E-state index in [0.29, 0.717) is 23.4 Å². The number of ketones is 1. The zero-order chi connectivity index (χ0) is 13.4. The Balaban J connectivity index is 2.11. The average molecular weight is 252 g/mol. The van der Waals surface area contributed by atoms with Gasteiger partial charge in [-0.05, 0) is 24.3 Å². The molecule has 1 aromatic carbocycles. The molecule has 4 nitrogen and oxygen atoms in total. The number of fused-ring (bicyclic) bond motifs is 1. The molecular formula is C15H12N2O2. The number of aromatic amines is 1. The molecule has 0 saturated heterocycles. The molecule has 0 radical (unpaired) electrons. The lowest BCUT2D eigenvalue weighted by Gasteiger charge is -2.01. The maximum absolute atomic E-state index is 12.4. The Kier molecular flexibility index (Phi) is 2.56. The third kappa shape index (κ3) is 1.78. The van der Waals surface area contributed by atoms with Crippen molar-refractivity contribution in [2.75, 3.05) is 0 Å². The van der Waals surface area contributed by atoms with Gasteiger partial charge in [0.2, 0.25) is 5.78 Å². The van der Waals surface area contributed by atoms with Crippen LogP contribution in [0.5, 0.6) is 0 Å². The zero-order valence-electron chi connectivity index (χ0n) is 10.4. The molecule has 3 rings (SSSR count). The van der Waals surface area contributed by atoms with Crippen LogP contribution in [0, 0.1) is 0 Å². The standard InChI is InChI=1S/C15H12N2O2/c1-17-13-5-3-2-4-10(13)8-14(17)15(19)12-7-6-11(9-18)16-12/h2-9,16H,1H3. The van der Waals surface area contributed by atoms with Gasteiger partial charge in [-0.3, -0.25) is 9.59 Å². The number of para-hydroxylation sites is 1. The van der Waals surface area contributed by atoms with Crippen LogP contribution in [-0.4, -0.2) is 21.6 Å². The van der Waals surface area contributed by atoms with Gasteiger partial charge in [0.25, 0.3) is 0 Å². The van der Waals surface area contributed by atoms with Crippen molar-refractivity contribution in [3.63, 3.8) is 0 Å². The number of carbonyl (C=O) groups excluding carboxylic acids is 2. The number of hydrogen-bond donors (Lipinski definition) is 1. The predicted octanol–water partition coefficient (Wildman–Crippen LogP) is 2.55. The molecule has 0 amide bonds. The summed E-state index contributed by atoms with van der Waals surface area (Å²) in [7, 11) is 1.86. The monoisotopic (exact) mass is 252 g/mol. The molecule has 0 aliphatic rings. The smallest absolute Gasteiger partial charge is 0.225 e. The van der Waals surface area contributed by atoms with E-state index in [1.807, 2.05) is 41.9 Å². The highest BCUT2D eigenvalue weighted by Gasteiger charge is 2.16. The number of hydrogen-bond acceptors (Lipinski definition) is 2. The molecule has 2 aromatic heterocycles. The molecule has 19 heavy (non-hydrogen) atoms. The van der Waals surface area contributed by atoms with E-state index in [0.717, 1.165) is 10.9 Å². The first-order valence-electron chi connectivity index (χ1n) is 5.94. The molecule has 0 fully saturated rings. The van der Waals surface area contributed by atoms with Crippen LogP contribution in [0.3, 0.4) is 0 Å². The lowest BCUT2D eigenvalue weighted by atomic mass is 10.2. The van der Waals surface area contributed by atoms with Gasteiger partial charge in [-0.15, -0.1) is 0 Å². The molecule has 94 valence electrons. The summed E-state index contributed by atoms with van der Waals surface area (Å²) in [6, 6.07) is 12.9. The van der Waals surface area contributed by atoms with Crippen LogP contribution in [0.25, 0.3) is 10.9 Å². The number of rotatable bonds is 3. The molecule has 0 spiro atoms. The SMILES string of the molecule is Cn1c(C(=O)c2ccc(C=O)[nH]2)cc2ccccc21. The molecule has 1 N–H and O–H groups in total. The maximum Gasteiger partial charge on any atom is 0.225 e. The van der Waals surface area contributed by atoms with Gasteiger partial charge in [-0.1, -0.05) is 18.2 Å². The van der Waals surface area contributed by atoms with Gasteiger partial charge < -0.3 is 9.55 Å². The van der Waals surface area contributed by atoms with Gasteiger partial charge in [-0.25, -0.2) is 0 Å². The number of nitrogens with zero attached hydrogens (tertiary/aromatic N) is 1. The zero-order valence-corrected chi connectivity index (χ0v) is 10.4. The maximum atomic E-state index is 12.4. The van der Waals surface area contributed by atoms with Gasteiger partial charge in [0.15, 0.2) is 6.29 Å². The van der Waals surface area contributed by atoms with E-state index < -0.39 is 0 Å². The lowest BCUT2D eigenvalue weighted by Crippen LogP contribution is -2.07. The number of H-pyrrole nitrogens is 1. The average Bonchev–Trinajstić information content (AvgIpc) is 3.04. The summed E-state index contributed by atoms with van der Waals surface area (Å²) in [5.41, 5.74) is 2.43. The topological polar surface area (TPSA) is 54.9 Å². The minimum atomic E-state index is -0.119. The van der Waals surface area contributed by atoms with Gasteiger partial charge in [0.05, 0.1) is 17.1 Å². The minimum Gasteiger partial charge on any atom is -0.350 e. The summed E-state index contributed by atoms with van der Waals surface area (Å²) in [5, 5.41) is 1.02. The van der Waals surface area contributed by atoms with Crippen molar-refractivity contribution in [3.8, 4) is 0 Å². The Hall–Kier alpha value is -2.62. The highest BCUT2D eigenvalue weighted by atomic mass is 16.1. The van der Waals surface area contributed by atoms with Gasteiger partial charge in [-0.2, -0.15) is 0 Å². The molecule has 0 aliphatic carbocycles. The van der Waals surface area contributed by atoms with Gasteiger partial charge in [0.1, 0.15) is 0 Å². The number of carbonyl (C=O) groups is 2. The van der Waals surface area contributed by atoms with Crippen LogP contribution in [-0.2, 0) is 7.05 Å². The number of aromatic nitrogens is 2. The summed E-state index contributed by atoms with van der Waals surface area (Å²) in [5.74, 6) is -0.119. The molecule has 0 atom stereocenters. The fourth-order valence-corrected chi connectivity index (χ4v) is 2.26. The number of aldehydes is 1. The Morgan fingerprint density at radius 2 is 2.00 bits per heavy atom. The number of aryl methyl sites for hydroxylation is 1. The van der Waals surface area contributed by atoms with Crippen molar-refractivity contribution in [2.24, 2.45) is 7.05 Å². The van der Waals surface area contributed by atoms with E-state index in [9.17, 15) is 9.59 Å². The first-order valence-corrected chi connectivity index (χ1v) is 5.94. The Morgan fingerprint density at radius 1 is 1.21 bits per heavy atom. The van der Waals surface area contributed by atoms with E-state index in [4.69, 9.17) is 0 Å². The molecule has 3 aromatic rings. The van der Waals surface area contributed by atoms with Crippen LogP contribution in [0.1, 0.15) is 26.7 Å². The molecule has 2 heterocycles. The van der Waals surface area contributed by atoms with Crippen LogP contribution >= 0.6 is 0 Å². The third-order valence-corrected chi connectivity index (χ3v) is 3.26. The molecule has 0 saturated carbocycles. The van der Waals surface area contributed by atoms with Crippen molar-refractivity contribution in [2.45, 2.75) is 0 Å². The van der Waals surface area contributed by atoms with Crippen molar-refractivity contribution >= 4 is 23.0 Å². The second-order valence-electron chi connectivity index (χ2n) is 4.42. The first-order chi connectivity index (χ1) is 9.20. The normalized spacial score (nSPS) is 10.8. The van der Waals surface area contributed by atoms with E-state index >= 15 is 0 Å². The van der Waals surface area contributed by atoms with Crippen molar-refractivity contribution in [1.29, 1.82) is 0 Å². The summed E-state index contributed by atoms with van der Waals surface area (Å²) >= 11 is 0. The lowest BCUT2D eigenvalue weighted by molar-refractivity contribution is 0.102. The summed E-state index contributed by atoms with van der Waals surface area (Å²) in [6.07, 6.45) is 0.693. The summed E-state index contributed by atoms with van der Waals surface area (Å²) < 4.78 is 1.86. The van der Waals surface area contributed by atoms with Gasteiger partial charge >= 0.3 is 0 Å². The number of nitrogens with one attached hydrogen (secondary N) is 1. The summed E-state index contributed by atoms with van der Waals surface area (Å²) in [4.78, 5) is 25.8. The van der Waals surface area contributed by atoms with E-state index in [2.05, 4.69) is 4.98 Å². The summed E-state index contributed by atoms with van der Waals surface area (Å²) in [6.45, 7) is 0. The first kappa shape index (κ1) is 11.5. The Morgan fingerprint density at radius 3 is 2.68 bits per heavy atom. The third-order valence-electron chi connectivity index (χ3n) is 3.26. The second-order valence-corrected chi connectivity index (χ2v) is 4.42. The quantitative estimate of drug-likeness (QED) is 0.575. The molecule has 0 unspecified atom stereocenters. The van der Waals surface area contributed by atoms with Crippen LogP contribution in [0.15, 0.2) is 42.5 Å². The van der Waals surface area contributed by atoms with Crippen molar-refractivity contribution in [1.82, 2.24) is 9.55 Å². The van der Waals surface area contributed by atoms with Crippen LogP contribution < -0.4 is 0 Å². The predicted molar refractivity (Wildman–Crippen MR) is 72.5 cm³/mol. The van der Waals surface area contributed by atoms with E-state index in [1.165, 1.54) is 0 Å².